The Hall–Kier alpha value is -2.71. The maximum absolute atomic E-state index is 14.2. The Labute approximate surface area is 331 Å². The molecule has 2 saturated heterocycles. The van der Waals surface area contributed by atoms with E-state index in [0.29, 0.717) is 44.5 Å². The molecule has 4 aliphatic heterocycles. The van der Waals surface area contributed by atoms with E-state index < -0.39 is 27.3 Å². The molecule has 7 atom stereocenters. The van der Waals surface area contributed by atoms with E-state index in [1.807, 2.05) is 24.3 Å². The maximum Gasteiger partial charge on any atom is 0.264 e. The first kappa shape index (κ1) is 39.1. The third-order valence-corrected chi connectivity index (χ3v) is 15.0. The van der Waals surface area contributed by atoms with E-state index in [1.54, 1.807) is 13.2 Å². The topological polar surface area (TPSA) is 116 Å². The highest BCUT2D eigenvalue weighted by atomic mass is 35.5. The van der Waals surface area contributed by atoms with Crippen molar-refractivity contribution in [2.45, 2.75) is 86.8 Å². The van der Waals surface area contributed by atoms with E-state index in [0.717, 1.165) is 95.0 Å². The van der Waals surface area contributed by atoms with Crippen molar-refractivity contribution >= 4 is 33.2 Å². The van der Waals surface area contributed by atoms with Crippen molar-refractivity contribution in [3.8, 4) is 5.75 Å². The molecular formula is C42H56ClN3O8S. The lowest BCUT2D eigenvalue weighted by atomic mass is 9.68. The Morgan fingerprint density at radius 3 is 2.71 bits per heavy atom. The minimum atomic E-state index is -4.19. The lowest BCUT2D eigenvalue weighted by Crippen LogP contribution is -2.50. The van der Waals surface area contributed by atoms with E-state index in [-0.39, 0.29) is 35.5 Å². The lowest BCUT2D eigenvalue weighted by molar-refractivity contribution is -0.0316. The molecule has 0 unspecified atom stereocenters. The zero-order valence-electron chi connectivity index (χ0n) is 32.0. The third kappa shape index (κ3) is 8.61. The largest absolute Gasteiger partial charge is 0.490 e. The molecule has 55 heavy (non-hydrogen) atoms. The van der Waals surface area contributed by atoms with Gasteiger partial charge in [0.15, 0.2) is 0 Å². The van der Waals surface area contributed by atoms with Crippen LogP contribution in [0.5, 0.6) is 5.75 Å². The number of aryl methyl sites for hydroxylation is 1. The second-order valence-electron chi connectivity index (χ2n) is 16.4. The number of carbonyl (C=O) groups is 1. The Bertz CT molecular complexity index is 1820. The summed E-state index contributed by atoms with van der Waals surface area (Å²) in [5.41, 5.74) is 3.34. The van der Waals surface area contributed by atoms with Gasteiger partial charge in [-0.1, -0.05) is 29.8 Å². The van der Waals surface area contributed by atoms with Crippen LogP contribution in [0.3, 0.4) is 0 Å². The zero-order valence-corrected chi connectivity index (χ0v) is 33.5. The van der Waals surface area contributed by atoms with Gasteiger partial charge in [0.05, 0.1) is 50.4 Å². The number of ether oxygens (including phenoxy) is 5. The molecule has 3 fully saturated rings. The number of morpholine rings is 1. The highest BCUT2D eigenvalue weighted by Gasteiger charge is 2.45. The molecule has 2 bridgehead atoms. The average Bonchev–Trinajstić information content (AvgIpc) is 3.64. The zero-order chi connectivity index (χ0) is 38.0. The van der Waals surface area contributed by atoms with Gasteiger partial charge < -0.3 is 28.6 Å². The monoisotopic (exact) mass is 797 g/mol. The fraction of sp³-hybridized carbons (Fsp3) is 0.643. The number of methoxy groups -OCH3 is 1. The van der Waals surface area contributed by atoms with Crippen LogP contribution in [0.25, 0.3) is 0 Å². The van der Waals surface area contributed by atoms with E-state index >= 15 is 0 Å². The predicted molar refractivity (Wildman–Crippen MR) is 212 cm³/mol. The van der Waals surface area contributed by atoms with Crippen LogP contribution < -0.4 is 14.4 Å². The number of hydrogen-bond donors (Lipinski definition) is 1. The number of anilines is 1. The van der Waals surface area contributed by atoms with Crippen LogP contribution in [0.15, 0.2) is 48.6 Å². The summed E-state index contributed by atoms with van der Waals surface area (Å²) in [6, 6.07) is 11.6. The van der Waals surface area contributed by atoms with Gasteiger partial charge in [0.2, 0.25) is 10.0 Å². The SMILES string of the molecule is CO[C@H]1C/C=C\[C@H](OCCN2CCOCC2)[C@@H]2CC[C@H]2CN2C[C@@]3(CCCc4cc(Cl)ccc43)COc3ccc(cc32)C(=O)NS(=O)(=O)[C@H]1C[C@H]1CCCO1. The summed E-state index contributed by atoms with van der Waals surface area (Å²) < 4.78 is 61.8. The van der Waals surface area contributed by atoms with E-state index in [4.69, 9.17) is 35.3 Å². The molecule has 0 aromatic heterocycles. The maximum atomic E-state index is 14.2. The summed E-state index contributed by atoms with van der Waals surface area (Å²) in [6.07, 6.45) is 10.4. The fourth-order valence-corrected chi connectivity index (χ4v) is 11.6. The first-order valence-corrected chi connectivity index (χ1v) is 22.2. The summed E-state index contributed by atoms with van der Waals surface area (Å²) >= 11 is 6.50. The van der Waals surface area contributed by atoms with Crippen molar-refractivity contribution in [1.29, 1.82) is 0 Å². The van der Waals surface area contributed by atoms with Crippen LogP contribution in [-0.4, -0.2) is 116 Å². The molecule has 11 nitrogen and oxygen atoms in total. The van der Waals surface area contributed by atoms with Gasteiger partial charge in [0.1, 0.15) is 11.0 Å². The number of nitrogens with zero attached hydrogens (tertiary/aromatic N) is 2. The molecule has 1 N–H and O–H groups in total. The number of carbonyl (C=O) groups excluding carboxylic acids is 1. The molecule has 300 valence electrons. The van der Waals surface area contributed by atoms with Crippen molar-refractivity contribution in [3.63, 3.8) is 0 Å². The number of halogens is 1. The van der Waals surface area contributed by atoms with Gasteiger partial charge in [0.25, 0.3) is 5.91 Å². The van der Waals surface area contributed by atoms with Gasteiger partial charge >= 0.3 is 0 Å². The van der Waals surface area contributed by atoms with E-state index in [2.05, 4.69) is 32.7 Å². The molecule has 8 rings (SSSR count). The summed E-state index contributed by atoms with van der Waals surface area (Å²) in [6.45, 7) is 7.28. The number of nitrogens with one attached hydrogen (secondary N) is 1. The van der Waals surface area contributed by atoms with Gasteiger partial charge in [-0.25, -0.2) is 13.1 Å². The molecule has 2 aromatic rings. The normalized spacial score (nSPS) is 33.1. The number of rotatable bonds is 7. The van der Waals surface area contributed by atoms with Crippen molar-refractivity contribution in [2.75, 3.05) is 77.8 Å². The predicted octanol–water partition coefficient (Wildman–Crippen LogP) is 5.53. The third-order valence-electron chi connectivity index (χ3n) is 13.0. The molecular weight excluding hydrogens is 742 g/mol. The summed E-state index contributed by atoms with van der Waals surface area (Å²) in [5, 5.41) is -0.260. The standard InChI is InChI=1S/C42H56ClN3O8S/c1-50-39-8-2-7-37(53-22-18-45-16-20-51-21-17-45)34-12-9-31(34)26-46-27-42(15-3-5-29-23-32(43)11-13-35(29)42)28-54-38-14-10-30(24-36(38)46)41(47)44-55(48,49)40(39)25-33-6-4-19-52-33/h2,7,10-11,13-14,23-24,31,33-34,37,39-40H,3-6,8-9,12,15-22,25-28H2,1H3,(H,44,47)/b7-2-/t31-,33+,34+,37-,39-,40-,42-/m0/s1. The highest BCUT2D eigenvalue weighted by molar-refractivity contribution is 7.90. The van der Waals surface area contributed by atoms with Crippen LogP contribution in [0.2, 0.25) is 5.02 Å². The molecule has 13 heteroatoms. The van der Waals surface area contributed by atoms with E-state index in [9.17, 15) is 13.2 Å². The number of fused-ring (bicyclic) bond motifs is 4. The van der Waals surface area contributed by atoms with Gasteiger partial charge in [-0.05, 0) is 111 Å². The van der Waals surface area contributed by atoms with Crippen LogP contribution in [0.4, 0.5) is 5.69 Å². The van der Waals surface area contributed by atoms with Gasteiger partial charge in [-0.3, -0.25) is 9.69 Å². The molecule has 0 radical (unpaired) electrons. The van der Waals surface area contributed by atoms with Crippen LogP contribution in [0.1, 0.15) is 72.9 Å². The van der Waals surface area contributed by atoms with Crippen molar-refractivity contribution < 1.29 is 36.9 Å². The second-order valence-corrected chi connectivity index (χ2v) is 18.7. The summed E-state index contributed by atoms with van der Waals surface area (Å²) in [4.78, 5) is 18.8. The van der Waals surface area contributed by atoms with Gasteiger partial charge in [-0.15, -0.1) is 0 Å². The molecule has 4 heterocycles. The first-order chi connectivity index (χ1) is 26.7. The van der Waals surface area contributed by atoms with Crippen molar-refractivity contribution in [1.82, 2.24) is 9.62 Å². The molecule has 1 spiro atoms. The summed E-state index contributed by atoms with van der Waals surface area (Å²) in [7, 11) is -2.64. The Kier molecular flexibility index (Phi) is 12.1. The van der Waals surface area contributed by atoms with E-state index in [1.165, 1.54) is 11.1 Å². The highest BCUT2D eigenvalue weighted by Crippen LogP contribution is 2.47. The Morgan fingerprint density at radius 2 is 1.93 bits per heavy atom. The fourth-order valence-electron chi connectivity index (χ4n) is 9.83. The minimum absolute atomic E-state index is 0.140. The molecule has 6 aliphatic rings. The quantitative estimate of drug-likeness (QED) is 0.359. The Balaban J connectivity index is 1.15. The molecule has 2 aromatic carbocycles. The van der Waals surface area contributed by atoms with Crippen LogP contribution in [-0.2, 0) is 40.8 Å². The number of benzene rings is 2. The first-order valence-electron chi connectivity index (χ1n) is 20.3. The molecule has 1 saturated carbocycles. The van der Waals surface area contributed by atoms with Crippen LogP contribution in [0, 0.1) is 11.8 Å². The lowest BCUT2D eigenvalue weighted by Gasteiger charge is -2.46. The van der Waals surface area contributed by atoms with Crippen molar-refractivity contribution in [2.24, 2.45) is 11.8 Å². The Morgan fingerprint density at radius 1 is 1.05 bits per heavy atom. The number of sulfonamides is 1. The molecule has 2 aliphatic carbocycles. The summed E-state index contributed by atoms with van der Waals surface area (Å²) in [5.74, 6) is 0.645. The number of hydrogen-bond acceptors (Lipinski definition) is 10. The van der Waals surface area contributed by atoms with Gasteiger partial charge in [-0.2, -0.15) is 0 Å². The second kappa shape index (κ2) is 17.0. The minimum Gasteiger partial charge on any atom is -0.490 e. The smallest absolute Gasteiger partial charge is 0.264 e. The number of amides is 1. The van der Waals surface area contributed by atoms with Gasteiger partial charge in [0, 0.05) is 62.4 Å². The molecule has 1 amide bonds. The average molecular weight is 798 g/mol. The van der Waals surface area contributed by atoms with Crippen LogP contribution >= 0.6 is 11.6 Å². The van der Waals surface area contributed by atoms with Crippen molar-refractivity contribution in [3.05, 3.63) is 70.3 Å².